The second-order valence-corrected chi connectivity index (χ2v) is 4.66. The molecule has 0 saturated heterocycles. The number of anilines is 1. The van der Waals surface area contributed by atoms with Gasteiger partial charge in [-0.25, -0.2) is 9.97 Å². The van der Waals surface area contributed by atoms with Gasteiger partial charge in [0.15, 0.2) is 5.69 Å². The summed E-state index contributed by atoms with van der Waals surface area (Å²) in [6.07, 6.45) is 5.05. The quantitative estimate of drug-likeness (QED) is 0.924. The van der Waals surface area contributed by atoms with Crippen molar-refractivity contribution in [3.05, 3.63) is 47.4 Å². The van der Waals surface area contributed by atoms with E-state index in [4.69, 9.17) is 10.00 Å². The standard InChI is InChI=1S/C15H14N4O/c1-20-14-4-2-3-11-12(14)5-6-13(11)19-15-9-17-10(7-16)8-18-15/h2-4,8-9,13H,5-6H2,1H3,(H,18,19). The number of hydrogen-bond donors (Lipinski definition) is 1. The summed E-state index contributed by atoms with van der Waals surface area (Å²) >= 11 is 0. The third-order valence-corrected chi connectivity index (χ3v) is 3.54. The Morgan fingerprint density at radius 3 is 2.95 bits per heavy atom. The minimum atomic E-state index is 0.210. The van der Waals surface area contributed by atoms with E-state index in [1.54, 1.807) is 13.3 Å². The first-order chi connectivity index (χ1) is 9.81. The minimum Gasteiger partial charge on any atom is -0.496 e. The second kappa shape index (κ2) is 5.17. The van der Waals surface area contributed by atoms with Crippen LogP contribution in [-0.4, -0.2) is 17.1 Å². The summed E-state index contributed by atoms with van der Waals surface area (Å²) in [4.78, 5) is 8.22. The smallest absolute Gasteiger partial charge is 0.158 e. The highest BCUT2D eigenvalue weighted by molar-refractivity contribution is 5.48. The fourth-order valence-corrected chi connectivity index (χ4v) is 2.60. The molecule has 0 amide bonds. The Morgan fingerprint density at radius 1 is 1.35 bits per heavy atom. The summed E-state index contributed by atoms with van der Waals surface area (Å²) in [6.45, 7) is 0. The van der Waals surface area contributed by atoms with Crippen LogP contribution < -0.4 is 10.1 Å². The SMILES string of the molecule is COc1cccc2c1CCC2Nc1cnc(C#N)cn1. The first-order valence-electron chi connectivity index (χ1n) is 6.46. The van der Waals surface area contributed by atoms with Gasteiger partial charge in [-0.3, -0.25) is 0 Å². The van der Waals surface area contributed by atoms with E-state index in [1.165, 1.54) is 17.3 Å². The molecular formula is C15H14N4O. The summed E-state index contributed by atoms with van der Waals surface area (Å²) in [5.41, 5.74) is 2.83. The zero-order valence-electron chi connectivity index (χ0n) is 11.1. The Morgan fingerprint density at radius 2 is 2.25 bits per heavy atom. The lowest BCUT2D eigenvalue weighted by Crippen LogP contribution is -2.08. The molecule has 1 aromatic heterocycles. The van der Waals surface area contributed by atoms with Crippen LogP contribution in [0.5, 0.6) is 5.75 Å². The molecule has 100 valence electrons. The molecule has 0 aliphatic heterocycles. The monoisotopic (exact) mass is 266 g/mol. The van der Waals surface area contributed by atoms with Crippen LogP contribution in [0, 0.1) is 11.3 Å². The Balaban J connectivity index is 1.83. The summed E-state index contributed by atoms with van der Waals surface area (Å²) in [7, 11) is 1.70. The van der Waals surface area contributed by atoms with Gasteiger partial charge in [0.05, 0.1) is 25.5 Å². The van der Waals surface area contributed by atoms with Crippen LogP contribution in [0.4, 0.5) is 5.82 Å². The average molecular weight is 266 g/mol. The molecule has 1 aliphatic carbocycles. The van der Waals surface area contributed by atoms with Gasteiger partial charge in [0.25, 0.3) is 0 Å². The van der Waals surface area contributed by atoms with E-state index in [0.29, 0.717) is 11.5 Å². The number of methoxy groups -OCH3 is 1. The maximum Gasteiger partial charge on any atom is 0.158 e. The number of ether oxygens (including phenoxy) is 1. The van der Waals surface area contributed by atoms with Gasteiger partial charge in [-0.2, -0.15) is 5.26 Å². The van der Waals surface area contributed by atoms with Gasteiger partial charge in [0.1, 0.15) is 17.6 Å². The van der Waals surface area contributed by atoms with E-state index in [-0.39, 0.29) is 6.04 Å². The fraction of sp³-hybridized carbons (Fsp3) is 0.267. The van der Waals surface area contributed by atoms with Gasteiger partial charge >= 0.3 is 0 Å². The molecule has 1 N–H and O–H groups in total. The van der Waals surface area contributed by atoms with Crippen molar-refractivity contribution >= 4 is 5.82 Å². The maximum absolute atomic E-state index is 8.71. The van der Waals surface area contributed by atoms with Crippen molar-refractivity contribution in [2.45, 2.75) is 18.9 Å². The van der Waals surface area contributed by atoms with Crippen LogP contribution in [0.3, 0.4) is 0 Å². The lowest BCUT2D eigenvalue weighted by atomic mass is 10.1. The van der Waals surface area contributed by atoms with Gasteiger partial charge in [-0.1, -0.05) is 12.1 Å². The topological polar surface area (TPSA) is 70.8 Å². The molecular weight excluding hydrogens is 252 g/mol. The van der Waals surface area contributed by atoms with Crippen molar-refractivity contribution < 1.29 is 4.74 Å². The molecule has 1 atom stereocenters. The molecule has 1 unspecified atom stereocenters. The number of nitrogens with zero attached hydrogens (tertiary/aromatic N) is 3. The number of nitrogens with one attached hydrogen (secondary N) is 1. The van der Waals surface area contributed by atoms with Crippen molar-refractivity contribution in [3.8, 4) is 11.8 Å². The van der Waals surface area contributed by atoms with E-state index < -0.39 is 0 Å². The molecule has 5 nitrogen and oxygen atoms in total. The number of nitriles is 1. The predicted molar refractivity (Wildman–Crippen MR) is 74.4 cm³/mol. The van der Waals surface area contributed by atoms with Crippen LogP contribution >= 0.6 is 0 Å². The van der Waals surface area contributed by atoms with E-state index in [2.05, 4.69) is 21.4 Å². The van der Waals surface area contributed by atoms with E-state index in [9.17, 15) is 0 Å². The average Bonchev–Trinajstić information content (AvgIpc) is 2.91. The molecule has 2 aromatic rings. The lowest BCUT2D eigenvalue weighted by Gasteiger charge is -2.15. The van der Waals surface area contributed by atoms with E-state index >= 15 is 0 Å². The molecule has 0 bridgehead atoms. The van der Waals surface area contributed by atoms with Crippen molar-refractivity contribution in [3.63, 3.8) is 0 Å². The van der Waals surface area contributed by atoms with E-state index in [1.807, 2.05) is 18.2 Å². The molecule has 0 fully saturated rings. The minimum absolute atomic E-state index is 0.210. The molecule has 0 spiro atoms. The summed E-state index contributed by atoms with van der Waals surface area (Å²) in [6, 6.07) is 8.27. The molecule has 3 rings (SSSR count). The van der Waals surface area contributed by atoms with Crippen LogP contribution in [-0.2, 0) is 6.42 Å². The fourth-order valence-electron chi connectivity index (χ4n) is 2.60. The van der Waals surface area contributed by atoms with Gasteiger partial charge in [0, 0.05) is 0 Å². The van der Waals surface area contributed by atoms with Gasteiger partial charge in [-0.15, -0.1) is 0 Å². The maximum atomic E-state index is 8.71. The Hall–Kier alpha value is -2.61. The Kier molecular flexibility index (Phi) is 3.21. The summed E-state index contributed by atoms with van der Waals surface area (Å²) in [5.74, 6) is 1.63. The largest absolute Gasteiger partial charge is 0.496 e. The highest BCUT2D eigenvalue weighted by atomic mass is 16.5. The lowest BCUT2D eigenvalue weighted by molar-refractivity contribution is 0.410. The van der Waals surface area contributed by atoms with Gasteiger partial charge < -0.3 is 10.1 Å². The number of hydrogen-bond acceptors (Lipinski definition) is 5. The molecule has 1 aliphatic rings. The highest BCUT2D eigenvalue weighted by Gasteiger charge is 2.25. The zero-order valence-corrected chi connectivity index (χ0v) is 11.1. The van der Waals surface area contributed by atoms with Crippen molar-refractivity contribution in [2.24, 2.45) is 0 Å². The van der Waals surface area contributed by atoms with Crippen LogP contribution in [0.15, 0.2) is 30.6 Å². The summed E-state index contributed by atoms with van der Waals surface area (Å²) < 4.78 is 5.39. The molecule has 1 aromatic carbocycles. The molecule has 0 saturated carbocycles. The first-order valence-corrected chi connectivity index (χ1v) is 6.46. The Labute approximate surface area is 117 Å². The van der Waals surface area contributed by atoms with Crippen molar-refractivity contribution in [1.82, 2.24) is 9.97 Å². The van der Waals surface area contributed by atoms with Crippen LogP contribution in [0.25, 0.3) is 0 Å². The van der Waals surface area contributed by atoms with Gasteiger partial charge in [-0.05, 0) is 30.0 Å². The third-order valence-electron chi connectivity index (χ3n) is 3.54. The Bertz CT molecular complexity index is 661. The van der Waals surface area contributed by atoms with Crippen LogP contribution in [0.2, 0.25) is 0 Å². The second-order valence-electron chi connectivity index (χ2n) is 4.66. The van der Waals surface area contributed by atoms with Crippen molar-refractivity contribution in [1.29, 1.82) is 5.26 Å². The van der Waals surface area contributed by atoms with E-state index in [0.717, 1.165) is 18.6 Å². The highest BCUT2D eigenvalue weighted by Crippen LogP contribution is 2.38. The number of fused-ring (bicyclic) bond motifs is 1. The van der Waals surface area contributed by atoms with Gasteiger partial charge in [0.2, 0.25) is 0 Å². The first kappa shape index (κ1) is 12.4. The number of aromatic nitrogens is 2. The normalized spacial score (nSPS) is 16.3. The third kappa shape index (κ3) is 2.16. The molecule has 20 heavy (non-hydrogen) atoms. The van der Waals surface area contributed by atoms with Crippen molar-refractivity contribution in [2.75, 3.05) is 12.4 Å². The number of benzene rings is 1. The van der Waals surface area contributed by atoms with Crippen LogP contribution in [0.1, 0.15) is 29.3 Å². The predicted octanol–water partition coefficient (Wildman–Crippen LogP) is 2.46. The molecule has 1 heterocycles. The zero-order chi connectivity index (χ0) is 13.9. The molecule has 0 radical (unpaired) electrons. The summed E-state index contributed by atoms with van der Waals surface area (Å²) in [5, 5.41) is 12.1. The molecule has 5 heteroatoms. The number of rotatable bonds is 3.